The van der Waals surface area contributed by atoms with Crippen LogP contribution in [0.15, 0.2) is 24.3 Å². The van der Waals surface area contributed by atoms with Crippen LogP contribution in [0.25, 0.3) is 10.9 Å². The van der Waals surface area contributed by atoms with E-state index in [0.29, 0.717) is 88.7 Å². The van der Waals surface area contributed by atoms with E-state index in [9.17, 15) is 24.0 Å². The lowest BCUT2D eigenvalue weighted by Gasteiger charge is -2.34. The third-order valence-electron chi connectivity index (χ3n) is 8.71. The van der Waals surface area contributed by atoms with E-state index in [1.807, 2.05) is 32.0 Å². The van der Waals surface area contributed by atoms with Crippen molar-refractivity contribution < 1.29 is 38.2 Å². The molecule has 1 aromatic heterocycles. The molecule has 1 aromatic carbocycles. The Morgan fingerprint density at radius 1 is 0.936 bits per heavy atom. The van der Waals surface area contributed by atoms with Crippen LogP contribution in [0.3, 0.4) is 0 Å². The van der Waals surface area contributed by atoms with Crippen LogP contribution in [0, 0.1) is 6.92 Å². The standard InChI is InChI=1S/C33H44N6O8/c1-3-4-16-46-33(44)38-12-10-36(11-13-38)29(40)21-34-31(42)26-20-28(24-8-7-23(2)19-25(24)35-26)47-22-30(41)39-9-5-6-27(39)32(43)37-14-17-45-18-15-37/h7-8,19-20,27H,3-6,9-18,21-22H2,1-2H3,(H,34,42)/t27-/m0/s1. The molecule has 0 bridgehead atoms. The summed E-state index contributed by atoms with van der Waals surface area (Å²) >= 11 is 0. The van der Waals surface area contributed by atoms with Crippen LogP contribution < -0.4 is 10.1 Å². The minimum Gasteiger partial charge on any atom is -0.483 e. The monoisotopic (exact) mass is 652 g/mol. The Balaban J connectivity index is 1.18. The Labute approximate surface area is 274 Å². The summed E-state index contributed by atoms with van der Waals surface area (Å²) in [5.74, 6) is -0.909. The summed E-state index contributed by atoms with van der Waals surface area (Å²) in [5.41, 5.74) is 1.48. The molecule has 254 valence electrons. The minimum absolute atomic E-state index is 0.0412. The Bertz CT molecular complexity index is 1470. The van der Waals surface area contributed by atoms with Crippen LogP contribution in [0.1, 0.15) is 48.7 Å². The van der Waals surface area contributed by atoms with Crippen molar-refractivity contribution in [2.24, 2.45) is 0 Å². The number of pyridine rings is 1. The van der Waals surface area contributed by atoms with E-state index < -0.39 is 11.9 Å². The van der Waals surface area contributed by atoms with Gasteiger partial charge in [-0.05, 0) is 43.9 Å². The van der Waals surface area contributed by atoms with Gasteiger partial charge in [0.15, 0.2) is 6.61 Å². The molecule has 0 radical (unpaired) electrons. The highest BCUT2D eigenvalue weighted by Crippen LogP contribution is 2.27. The van der Waals surface area contributed by atoms with Gasteiger partial charge in [0.2, 0.25) is 11.8 Å². The molecule has 4 heterocycles. The molecule has 0 unspecified atom stereocenters. The summed E-state index contributed by atoms with van der Waals surface area (Å²) in [5, 5.41) is 3.28. The molecular formula is C33H44N6O8. The number of morpholine rings is 1. The van der Waals surface area contributed by atoms with E-state index in [2.05, 4.69) is 10.3 Å². The van der Waals surface area contributed by atoms with Gasteiger partial charge in [0.25, 0.3) is 11.8 Å². The van der Waals surface area contributed by atoms with E-state index in [-0.39, 0.29) is 42.7 Å². The summed E-state index contributed by atoms with van der Waals surface area (Å²) < 4.78 is 16.6. The summed E-state index contributed by atoms with van der Waals surface area (Å²) in [6.45, 7) is 7.62. The highest BCUT2D eigenvalue weighted by Gasteiger charge is 2.37. The van der Waals surface area contributed by atoms with Gasteiger partial charge in [-0.3, -0.25) is 19.2 Å². The van der Waals surface area contributed by atoms with Crippen LogP contribution in [0.2, 0.25) is 0 Å². The maximum Gasteiger partial charge on any atom is 0.409 e. The molecule has 14 nitrogen and oxygen atoms in total. The van der Waals surface area contributed by atoms with E-state index in [4.69, 9.17) is 14.2 Å². The number of rotatable bonds is 10. The number of carbonyl (C=O) groups excluding carboxylic acids is 5. The second-order valence-corrected chi connectivity index (χ2v) is 12.0. The minimum atomic E-state index is -0.563. The molecule has 0 spiro atoms. The van der Waals surface area contributed by atoms with E-state index in [1.165, 1.54) is 6.07 Å². The summed E-state index contributed by atoms with van der Waals surface area (Å²) in [6.07, 6.45) is 2.69. The molecular weight excluding hydrogens is 608 g/mol. The van der Waals surface area contributed by atoms with Crippen molar-refractivity contribution in [3.8, 4) is 5.75 Å². The zero-order chi connectivity index (χ0) is 33.3. The first kappa shape index (κ1) is 33.9. The average molecular weight is 653 g/mol. The number of fused-ring (bicyclic) bond motifs is 1. The Morgan fingerprint density at radius 3 is 2.43 bits per heavy atom. The Hall–Kier alpha value is -4.46. The third-order valence-corrected chi connectivity index (χ3v) is 8.71. The fourth-order valence-electron chi connectivity index (χ4n) is 5.97. The van der Waals surface area contributed by atoms with Crippen molar-refractivity contribution in [2.75, 3.05) is 78.8 Å². The number of aromatic nitrogens is 1. The number of nitrogens with one attached hydrogen (secondary N) is 1. The molecule has 5 rings (SSSR count). The van der Waals surface area contributed by atoms with E-state index in [1.54, 1.807) is 19.6 Å². The van der Waals surface area contributed by atoms with E-state index in [0.717, 1.165) is 24.8 Å². The largest absolute Gasteiger partial charge is 0.483 e. The van der Waals surface area contributed by atoms with Gasteiger partial charge in [-0.1, -0.05) is 19.4 Å². The van der Waals surface area contributed by atoms with Crippen molar-refractivity contribution in [2.45, 2.75) is 45.6 Å². The normalized spacial score (nSPS) is 18.3. The van der Waals surface area contributed by atoms with Gasteiger partial charge < -0.3 is 39.1 Å². The maximum atomic E-state index is 13.3. The zero-order valence-electron chi connectivity index (χ0n) is 27.2. The number of carbonyl (C=O) groups is 5. The predicted molar refractivity (Wildman–Crippen MR) is 171 cm³/mol. The van der Waals surface area contributed by atoms with Crippen molar-refractivity contribution in [1.29, 1.82) is 0 Å². The summed E-state index contributed by atoms with van der Waals surface area (Å²) in [7, 11) is 0. The molecule has 0 aliphatic carbocycles. The number of likely N-dealkylation sites (tertiary alicyclic amines) is 1. The van der Waals surface area contributed by atoms with Crippen LogP contribution in [-0.4, -0.2) is 139 Å². The van der Waals surface area contributed by atoms with Crippen LogP contribution in [-0.2, 0) is 23.9 Å². The van der Waals surface area contributed by atoms with Crippen molar-refractivity contribution in [1.82, 2.24) is 29.9 Å². The smallest absolute Gasteiger partial charge is 0.409 e. The highest BCUT2D eigenvalue weighted by atomic mass is 16.6. The second-order valence-electron chi connectivity index (χ2n) is 12.0. The van der Waals surface area contributed by atoms with Crippen LogP contribution >= 0.6 is 0 Å². The van der Waals surface area contributed by atoms with Gasteiger partial charge in [0, 0.05) is 57.3 Å². The number of nitrogens with zero attached hydrogens (tertiary/aromatic N) is 5. The van der Waals surface area contributed by atoms with E-state index >= 15 is 0 Å². The first-order chi connectivity index (χ1) is 22.7. The molecule has 2 aromatic rings. The fourth-order valence-corrected chi connectivity index (χ4v) is 5.97. The van der Waals surface area contributed by atoms with Crippen molar-refractivity contribution in [3.05, 3.63) is 35.5 Å². The van der Waals surface area contributed by atoms with Gasteiger partial charge >= 0.3 is 6.09 Å². The zero-order valence-corrected chi connectivity index (χ0v) is 27.2. The van der Waals surface area contributed by atoms with Crippen LogP contribution in [0.4, 0.5) is 4.79 Å². The molecule has 0 saturated carbocycles. The molecule has 3 aliphatic rings. The first-order valence-electron chi connectivity index (χ1n) is 16.4. The number of piperazine rings is 1. The number of hydrogen-bond donors (Lipinski definition) is 1. The Kier molecular flexibility index (Phi) is 11.5. The molecule has 3 aliphatic heterocycles. The SMILES string of the molecule is CCCCOC(=O)N1CCN(C(=O)CNC(=O)c2cc(OCC(=O)N3CCC[C@H]3C(=O)N3CCOCC3)c3ccc(C)cc3n2)CC1. The topological polar surface area (TPSA) is 151 Å². The second kappa shape index (κ2) is 15.9. The van der Waals surface area contributed by atoms with Gasteiger partial charge in [-0.25, -0.2) is 9.78 Å². The number of ether oxygens (including phenoxy) is 3. The molecule has 5 amide bonds. The molecule has 3 fully saturated rings. The first-order valence-corrected chi connectivity index (χ1v) is 16.4. The predicted octanol–water partition coefficient (Wildman–Crippen LogP) is 1.58. The van der Waals surface area contributed by atoms with Gasteiger partial charge in [-0.15, -0.1) is 0 Å². The lowest BCUT2D eigenvalue weighted by Crippen LogP contribution is -2.52. The van der Waals surface area contributed by atoms with Gasteiger partial charge in [-0.2, -0.15) is 0 Å². The van der Waals surface area contributed by atoms with Gasteiger partial charge in [0.05, 0.1) is 31.9 Å². The number of unbranched alkanes of at least 4 members (excludes halogenated alkanes) is 1. The maximum absolute atomic E-state index is 13.3. The average Bonchev–Trinajstić information content (AvgIpc) is 3.59. The van der Waals surface area contributed by atoms with Crippen molar-refractivity contribution in [3.63, 3.8) is 0 Å². The number of aryl methyl sites for hydroxylation is 1. The lowest BCUT2D eigenvalue weighted by atomic mass is 10.1. The summed E-state index contributed by atoms with van der Waals surface area (Å²) in [6, 6.07) is 6.47. The highest BCUT2D eigenvalue weighted by molar-refractivity contribution is 5.99. The lowest BCUT2D eigenvalue weighted by molar-refractivity contribution is -0.147. The molecule has 14 heteroatoms. The quantitative estimate of drug-likeness (QED) is 0.378. The number of benzene rings is 1. The third kappa shape index (κ3) is 8.47. The fraction of sp³-hybridized carbons (Fsp3) is 0.576. The Morgan fingerprint density at radius 2 is 1.68 bits per heavy atom. The number of amides is 5. The van der Waals surface area contributed by atoms with Crippen molar-refractivity contribution >= 4 is 40.6 Å². The molecule has 47 heavy (non-hydrogen) atoms. The van der Waals surface area contributed by atoms with Crippen LogP contribution in [0.5, 0.6) is 5.75 Å². The summed E-state index contributed by atoms with van der Waals surface area (Å²) in [4.78, 5) is 75.8. The molecule has 1 N–H and O–H groups in total. The molecule has 1 atom stereocenters. The number of hydrogen-bond acceptors (Lipinski definition) is 9. The molecule has 3 saturated heterocycles. The van der Waals surface area contributed by atoms with Gasteiger partial charge in [0.1, 0.15) is 17.5 Å².